The molecule has 0 fully saturated rings. The highest BCUT2D eigenvalue weighted by Crippen LogP contribution is 2.29. The molecule has 1 aliphatic heterocycles. The van der Waals surface area contributed by atoms with Crippen LogP contribution < -0.4 is 10.6 Å². The molecule has 0 saturated carbocycles. The van der Waals surface area contributed by atoms with Gasteiger partial charge in [-0.15, -0.1) is 0 Å². The quantitative estimate of drug-likeness (QED) is 0.806. The minimum atomic E-state index is -0.812. The molecule has 2 heterocycles. The molecule has 0 radical (unpaired) electrons. The monoisotopic (exact) mass is 341 g/mol. The topological polar surface area (TPSA) is 106 Å². The Kier molecular flexibility index (Phi) is 4.34. The average Bonchev–Trinajstić information content (AvgIpc) is 3.07. The van der Waals surface area contributed by atoms with E-state index in [2.05, 4.69) is 5.32 Å². The first-order valence-electron chi connectivity index (χ1n) is 7.55. The summed E-state index contributed by atoms with van der Waals surface area (Å²) in [5.74, 6) is -1.38. The predicted octanol–water partition coefficient (Wildman–Crippen LogP) is 0.954. The van der Waals surface area contributed by atoms with Gasteiger partial charge in [0, 0.05) is 35.7 Å². The Hall–Kier alpha value is -3.42. The molecular formula is C17H15N3O5. The van der Waals surface area contributed by atoms with E-state index >= 15 is 0 Å². The number of nitrogens with one attached hydrogen (secondary N) is 2. The van der Waals surface area contributed by atoms with Crippen molar-refractivity contribution in [2.24, 2.45) is 0 Å². The summed E-state index contributed by atoms with van der Waals surface area (Å²) in [4.78, 5) is 45.5. The van der Waals surface area contributed by atoms with E-state index in [1.807, 2.05) is 34.1 Å². The van der Waals surface area contributed by atoms with Gasteiger partial charge in [0.25, 0.3) is 11.8 Å². The number of para-hydroxylation sites is 1. The van der Waals surface area contributed by atoms with Crippen molar-refractivity contribution in [2.75, 3.05) is 6.61 Å². The third-order valence-corrected chi connectivity index (χ3v) is 3.68. The van der Waals surface area contributed by atoms with E-state index in [0.29, 0.717) is 17.7 Å². The van der Waals surface area contributed by atoms with Crippen molar-refractivity contribution in [2.45, 2.75) is 13.5 Å². The zero-order chi connectivity index (χ0) is 18.0. The average molecular weight is 341 g/mol. The molecule has 3 rings (SSSR count). The molecule has 1 aliphatic rings. The molecular weight excluding hydrogens is 326 g/mol. The molecule has 0 unspecified atom stereocenters. The molecule has 0 bridgehead atoms. The van der Waals surface area contributed by atoms with E-state index in [9.17, 15) is 19.2 Å². The van der Waals surface area contributed by atoms with Crippen LogP contribution in [0.3, 0.4) is 0 Å². The molecule has 0 aliphatic carbocycles. The van der Waals surface area contributed by atoms with Crippen LogP contribution in [-0.2, 0) is 25.7 Å². The highest BCUT2D eigenvalue weighted by Gasteiger charge is 2.25. The molecule has 1 aromatic heterocycles. The molecule has 2 aromatic rings. The summed E-state index contributed by atoms with van der Waals surface area (Å²) < 4.78 is 6.76. The van der Waals surface area contributed by atoms with Gasteiger partial charge in [-0.2, -0.15) is 0 Å². The van der Waals surface area contributed by atoms with Gasteiger partial charge in [0.05, 0.1) is 12.1 Å². The number of ether oxygens (including phenoxy) is 1. The van der Waals surface area contributed by atoms with Gasteiger partial charge in [0.2, 0.25) is 5.91 Å². The third kappa shape index (κ3) is 3.42. The van der Waals surface area contributed by atoms with E-state index in [0.717, 1.165) is 10.9 Å². The Labute approximate surface area is 142 Å². The van der Waals surface area contributed by atoms with Crippen LogP contribution in [0.25, 0.3) is 16.5 Å². The number of hydrogen-bond acceptors (Lipinski definition) is 5. The highest BCUT2D eigenvalue weighted by atomic mass is 16.5. The van der Waals surface area contributed by atoms with Crippen LogP contribution in [0.1, 0.15) is 12.5 Å². The van der Waals surface area contributed by atoms with Crippen molar-refractivity contribution in [3.63, 3.8) is 0 Å². The predicted molar refractivity (Wildman–Crippen MR) is 88.2 cm³/mol. The van der Waals surface area contributed by atoms with Crippen LogP contribution in [0.2, 0.25) is 0 Å². The number of aromatic nitrogens is 1. The van der Waals surface area contributed by atoms with Crippen molar-refractivity contribution in [1.82, 2.24) is 15.2 Å². The van der Waals surface area contributed by atoms with Gasteiger partial charge in [0.1, 0.15) is 6.61 Å². The number of benzene rings is 1. The number of alkyl carbamates (subject to hydrolysis) is 1. The van der Waals surface area contributed by atoms with Gasteiger partial charge >= 0.3 is 6.09 Å². The summed E-state index contributed by atoms with van der Waals surface area (Å²) in [6.45, 7) is 1.59. The van der Waals surface area contributed by atoms with Crippen LogP contribution in [0.15, 0.2) is 36.5 Å². The fraction of sp³-hybridized carbons (Fsp3) is 0.176. The van der Waals surface area contributed by atoms with Gasteiger partial charge in [-0.1, -0.05) is 18.2 Å². The van der Waals surface area contributed by atoms with Crippen LogP contribution in [0.4, 0.5) is 4.79 Å². The lowest BCUT2D eigenvalue weighted by Crippen LogP contribution is -2.29. The maximum Gasteiger partial charge on any atom is 0.413 e. The smallest absolute Gasteiger partial charge is 0.413 e. The minimum Gasteiger partial charge on any atom is -0.447 e. The number of fused-ring (bicyclic) bond motifs is 1. The highest BCUT2D eigenvalue weighted by molar-refractivity contribution is 6.35. The second kappa shape index (κ2) is 6.60. The van der Waals surface area contributed by atoms with Crippen molar-refractivity contribution in [3.05, 3.63) is 42.1 Å². The zero-order valence-corrected chi connectivity index (χ0v) is 13.4. The van der Waals surface area contributed by atoms with Gasteiger partial charge in [-0.25, -0.2) is 4.79 Å². The minimum absolute atomic E-state index is 0.0431. The van der Waals surface area contributed by atoms with Gasteiger partial charge in [0.15, 0.2) is 0 Å². The number of rotatable bonds is 4. The van der Waals surface area contributed by atoms with E-state index in [4.69, 9.17) is 4.74 Å². The van der Waals surface area contributed by atoms with Crippen molar-refractivity contribution in [3.8, 4) is 0 Å². The summed E-state index contributed by atoms with van der Waals surface area (Å²) in [7, 11) is 0. The lowest BCUT2D eigenvalue weighted by molar-refractivity contribution is -0.123. The van der Waals surface area contributed by atoms with Crippen LogP contribution in [0, 0.1) is 0 Å². The lowest BCUT2D eigenvalue weighted by atomic mass is 10.1. The Bertz CT molecular complexity index is 926. The Balaban J connectivity index is 1.84. The Morgan fingerprint density at radius 1 is 1.24 bits per heavy atom. The van der Waals surface area contributed by atoms with Crippen molar-refractivity contribution in [1.29, 1.82) is 0 Å². The molecule has 0 atom stereocenters. The molecule has 8 heteroatoms. The second-order valence-electron chi connectivity index (χ2n) is 5.45. The van der Waals surface area contributed by atoms with Crippen LogP contribution in [0.5, 0.6) is 0 Å². The molecule has 4 amide bonds. The first kappa shape index (κ1) is 16.4. The SMILES string of the molecule is CC(=O)NC(=O)OCCn1cc(C2=CC(=O)NC2=O)c2ccccc21. The van der Waals surface area contributed by atoms with Crippen LogP contribution in [-0.4, -0.2) is 35.0 Å². The second-order valence-corrected chi connectivity index (χ2v) is 5.45. The van der Waals surface area contributed by atoms with E-state index in [-0.39, 0.29) is 6.61 Å². The number of carbonyl (C=O) groups excluding carboxylic acids is 4. The summed E-state index contributed by atoms with van der Waals surface area (Å²) >= 11 is 0. The molecule has 1 aromatic carbocycles. The standard InChI is InChI=1S/C17H15N3O5/c1-10(21)18-17(24)25-7-6-20-9-13(11-4-2-3-5-14(11)20)12-8-15(22)19-16(12)23/h2-5,8-9H,6-7H2,1H3,(H,18,21,24)(H,19,22,23). The number of imide groups is 2. The van der Waals surface area contributed by atoms with E-state index in [1.54, 1.807) is 6.20 Å². The number of carbonyl (C=O) groups is 4. The van der Waals surface area contributed by atoms with Gasteiger partial charge in [-0.05, 0) is 6.07 Å². The summed E-state index contributed by atoms with van der Waals surface area (Å²) in [5, 5.41) is 5.06. The fourth-order valence-corrected chi connectivity index (χ4v) is 2.67. The van der Waals surface area contributed by atoms with E-state index < -0.39 is 23.8 Å². The molecule has 0 saturated heterocycles. The fourth-order valence-electron chi connectivity index (χ4n) is 2.67. The normalized spacial score (nSPS) is 13.6. The number of hydrogen-bond donors (Lipinski definition) is 2. The third-order valence-electron chi connectivity index (χ3n) is 3.68. The number of amides is 4. The zero-order valence-electron chi connectivity index (χ0n) is 13.4. The molecule has 8 nitrogen and oxygen atoms in total. The number of nitrogens with zero attached hydrogens (tertiary/aromatic N) is 1. The Morgan fingerprint density at radius 3 is 2.68 bits per heavy atom. The molecule has 25 heavy (non-hydrogen) atoms. The summed E-state index contributed by atoms with van der Waals surface area (Å²) in [6, 6.07) is 7.40. The molecule has 2 N–H and O–H groups in total. The molecule has 128 valence electrons. The first-order chi connectivity index (χ1) is 12.0. The van der Waals surface area contributed by atoms with Crippen LogP contribution >= 0.6 is 0 Å². The molecule has 0 spiro atoms. The van der Waals surface area contributed by atoms with Gasteiger partial charge < -0.3 is 9.30 Å². The maximum atomic E-state index is 11.9. The Morgan fingerprint density at radius 2 is 2.00 bits per heavy atom. The maximum absolute atomic E-state index is 11.9. The van der Waals surface area contributed by atoms with Gasteiger partial charge in [-0.3, -0.25) is 25.0 Å². The first-order valence-corrected chi connectivity index (χ1v) is 7.55. The largest absolute Gasteiger partial charge is 0.447 e. The lowest BCUT2D eigenvalue weighted by Gasteiger charge is -2.07. The van der Waals surface area contributed by atoms with Crippen molar-refractivity contribution < 1.29 is 23.9 Å². The summed E-state index contributed by atoms with van der Waals surface area (Å²) in [5.41, 5.74) is 1.77. The summed E-state index contributed by atoms with van der Waals surface area (Å²) in [6.07, 6.45) is 2.19. The van der Waals surface area contributed by atoms with E-state index in [1.165, 1.54) is 13.0 Å². The van der Waals surface area contributed by atoms with Crippen molar-refractivity contribution >= 4 is 40.3 Å².